The Morgan fingerprint density at radius 3 is 2.76 bits per heavy atom. The fourth-order valence-corrected chi connectivity index (χ4v) is 2.65. The van der Waals surface area contributed by atoms with E-state index in [1.54, 1.807) is 12.4 Å². The molecule has 1 aromatic rings. The fourth-order valence-electron chi connectivity index (χ4n) is 2.55. The molecule has 3 N–H and O–H groups in total. The molecule has 5 heteroatoms. The first kappa shape index (κ1) is 12.6. The summed E-state index contributed by atoms with van der Waals surface area (Å²) in [7, 11) is 0. The molecule has 1 heterocycles. The lowest BCUT2D eigenvalue weighted by atomic mass is 9.73. The maximum atomic E-state index is 5.96. The summed E-state index contributed by atoms with van der Waals surface area (Å²) in [5.74, 6) is 1.16. The molecule has 1 aliphatic carbocycles. The van der Waals surface area contributed by atoms with Gasteiger partial charge in [0.25, 0.3) is 0 Å². The number of nitrogens with two attached hydrogens (primary N) is 1. The highest BCUT2D eigenvalue weighted by molar-refractivity contribution is 6.30. The van der Waals surface area contributed by atoms with Crippen molar-refractivity contribution in [3.8, 4) is 0 Å². The average Bonchev–Trinajstić information content (AvgIpc) is 2.35. The molecule has 1 aromatic heterocycles. The molecule has 0 saturated heterocycles. The minimum Gasteiger partial charge on any atom is -0.347 e. The molecule has 0 aromatic carbocycles. The zero-order chi connectivity index (χ0) is 12.3. The molecule has 0 spiro atoms. The van der Waals surface area contributed by atoms with Gasteiger partial charge in [0.15, 0.2) is 0 Å². The molecule has 17 heavy (non-hydrogen) atoms. The van der Waals surface area contributed by atoms with E-state index in [9.17, 15) is 0 Å². The number of rotatable bonds is 3. The fraction of sp³-hybridized carbons (Fsp3) is 0.667. The zero-order valence-corrected chi connectivity index (χ0v) is 10.9. The predicted octanol–water partition coefficient (Wildman–Crippen LogP) is 2.45. The van der Waals surface area contributed by atoms with E-state index in [1.165, 1.54) is 19.3 Å². The maximum Gasteiger partial charge on any atom is 0.223 e. The summed E-state index contributed by atoms with van der Waals surface area (Å²) in [4.78, 5) is 8.38. The van der Waals surface area contributed by atoms with Crippen LogP contribution < -0.4 is 11.1 Å². The monoisotopic (exact) mass is 254 g/mol. The van der Waals surface area contributed by atoms with Crippen molar-refractivity contribution in [2.24, 2.45) is 11.7 Å². The van der Waals surface area contributed by atoms with Crippen molar-refractivity contribution in [3.63, 3.8) is 0 Å². The number of anilines is 1. The van der Waals surface area contributed by atoms with Gasteiger partial charge in [0.2, 0.25) is 5.95 Å². The van der Waals surface area contributed by atoms with Crippen LogP contribution in [0.15, 0.2) is 12.4 Å². The first-order chi connectivity index (χ1) is 8.16. The van der Waals surface area contributed by atoms with Gasteiger partial charge < -0.3 is 11.1 Å². The van der Waals surface area contributed by atoms with E-state index in [2.05, 4.69) is 22.2 Å². The molecule has 94 valence electrons. The van der Waals surface area contributed by atoms with Crippen molar-refractivity contribution >= 4 is 17.5 Å². The van der Waals surface area contributed by atoms with E-state index in [-0.39, 0.29) is 5.54 Å². The number of hydrogen-bond donors (Lipinski definition) is 2. The summed E-state index contributed by atoms with van der Waals surface area (Å²) in [5, 5.41) is 3.97. The summed E-state index contributed by atoms with van der Waals surface area (Å²) in [6, 6.07) is 0. The highest BCUT2D eigenvalue weighted by Crippen LogP contribution is 2.35. The van der Waals surface area contributed by atoms with Crippen LogP contribution in [-0.2, 0) is 0 Å². The van der Waals surface area contributed by atoms with Crippen LogP contribution in [-0.4, -0.2) is 22.1 Å². The van der Waals surface area contributed by atoms with Gasteiger partial charge in [0.1, 0.15) is 0 Å². The van der Waals surface area contributed by atoms with E-state index in [0.29, 0.717) is 23.4 Å². The molecule has 0 radical (unpaired) electrons. The maximum absolute atomic E-state index is 5.96. The Kier molecular flexibility index (Phi) is 3.84. The smallest absolute Gasteiger partial charge is 0.223 e. The van der Waals surface area contributed by atoms with Crippen LogP contribution in [0.4, 0.5) is 5.95 Å². The molecule has 0 aliphatic heterocycles. The Labute approximate surface area is 107 Å². The van der Waals surface area contributed by atoms with Gasteiger partial charge in [0, 0.05) is 6.54 Å². The number of hydrogen-bond acceptors (Lipinski definition) is 4. The van der Waals surface area contributed by atoms with Crippen LogP contribution in [0.25, 0.3) is 0 Å². The number of halogens is 1. The van der Waals surface area contributed by atoms with Crippen molar-refractivity contribution < 1.29 is 0 Å². The highest BCUT2D eigenvalue weighted by atomic mass is 35.5. The van der Waals surface area contributed by atoms with Gasteiger partial charge >= 0.3 is 0 Å². The van der Waals surface area contributed by atoms with E-state index < -0.39 is 0 Å². The molecular weight excluding hydrogens is 236 g/mol. The zero-order valence-electron chi connectivity index (χ0n) is 10.1. The van der Waals surface area contributed by atoms with Gasteiger partial charge in [-0.3, -0.25) is 0 Å². The summed E-state index contributed by atoms with van der Waals surface area (Å²) >= 11 is 5.77. The average molecular weight is 255 g/mol. The lowest BCUT2D eigenvalue weighted by Crippen LogP contribution is -2.52. The topological polar surface area (TPSA) is 63.8 Å². The molecule has 2 atom stereocenters. The molecule has 1 fully saturated rings. The first-order valence-electron chi connectivity index (χ1n) is 6.12. The number of aromatic nitrogens is 2. The van der Waals surface area contributed by atoms with Gasteiger partial charge in [-0.15, -0.1) is 0 Å². The van der Waals surface area contributed by atoms with Crippen LogP contribution in [0.1, 0.15) is 32.6 Å². The van der Waals surface area contributed by atoms with E-state index in [1.807, 2.05) is 0 Å². The first-order valence-corrected chi connectivity index (χ1v) is 6.50. The van der Waals surface area contributed by atoms with Crippen molar-refractivity contribution in [3.05, 3.63) is 17.4 Å². The molecule has 4 nitrogen and oxygen atoms in total. The largest absolute Gasteiger partial charge is 0.347 e. The van der Waals surface area contributed by atoms with Crippen molar-refractivity contribution in [2.75, 3.05) is 11.9 Å². The van der Waals surface area contributed by atoms with E-state index in [0.717, 1.165) is 6.42 Å². The second kappa shape index (κ2) is 5.19. The van der Waals surface area contributed by atoms with Crippen LogP contribution in [0.2, 0.25) is 5.02 Å². The lowest BCUT2D eigenvalue weighted by molar-refractivity contribution is 0.234. The minimum absolute atomic E-state index is 0.0634. The number of nitrogens with zero attached hydrogens (tertiary/aromatic N) is 2. The third-order valence-corrected chi connectivity index (χ3v) is 3.99. The van der Waals surface area contributed by atoms with Gasteiger partial charge in [-0.05, 0) is 18.8 Å². The normalized spacial score (nSPS) is 29.0. The van der Waals surface area contributed by atoms with Crippen LogP contribution in [0.3, 0.4) is 0 Å². The van der Waals surface area contributed by atoms with Crippen molar-refractivity contribution in [2.45, 2.75) is 38.1 Å². The standard InChI is InChI=1S/C12H19ClN4/c1-9-4-2-3-5-12(9,8-14)17-11-15-6-10(13)7-16-11/h6-7,9H,2-5,8,14H2,1H3,(H,15,16,17). The Bertz CT molecular complexity index is 367. The van der Waals surface area contributed by atoms with Crippen LogP contribution >= 0.6 is 11.6 Å². The summed E-state index contributed by atoms with van der Waals surface area (Å²) < 4.78 is 0. The Morgan fingerprint density at radius 2 is 2.18 bits per heavy atom. The molecule has 2 rings (SSSR count). The van der Waals surface area contributed by atoms with E-state index >= 15 is 0 Å². The molecule has 2 unspecified atom stereocenters. The van der Waals surface area contributed by atoms with Gasteiger partial charge in [0.05, 0.1) is 23.0 Å². The Balaban J connectivity index is 2.15. The molecule has 0 bridgehead atoms. The van der Waals surface area contributed by atoms with Gasteiger partial charge in [-0.2, -0.15) is 0 Å². The Hall–Kier alpha value is -0.870. The third-order valence-electron chi connectivity index (χ3n) is 3.80. The molecule has 0 amide bonds. The summed E-state index contributed by atoms with van der Waals surface area (Å²) in [5.41, 5.74) is 5.90. The quantitative estimate of drug-likeness (QED) is 0.870. The van der Waals surface area contributed by atoms with Crippen molar-refractivity contribution in [1.29, 1.82) is 0 Å². The predicted molar refractivity (Wildman–Crippen MR) is 70.1 cm³/mol. The molecular formula is C12H19ClN4. The second-order valence-electron chi connectivity index (χ2n) is 4.86. The SMILES string of the molecule is CC1CCCCC1(CN)Nc1ncc(Cl)cn1. The van der Waals surface area contributed by atoms with Gasteiger partial charge in [-0.25, -0.2) is 9.97 Å². The highest BCUT2D eigenvalue weighted by Gasteiger charge is 2.37. The van der Waals surface area contributed by atoms with Crippen LogP contribution in [0, 0.1) is 5.92 Å². The molecule has 1 saturated carbocycles. The van der Waals surface area contributed by atoms with Crippen molar-refractivity contribution in [1.82, 2.24) is 9.97 Å². The minimum atomic E-state index is -0.0634. The lowest BCUT2D eigenvalue weighted by Gasteiger charge is -2.42. The summed E-state index contributed by atoms with van der Waals surface area (Å²) in [6.07, 6.45) is 7.99. The third kappa shape index (κ3) is 2.69. The van der Waals surface area contributed by atoms with Crippen LogP contribution in [0.5, 0.6) is 0 Å². The number of nitrogens with one attached hydrogen (secondary N) is 1. The Morgan fingerprint density at radius 1 is 1.47 bits per heavy atom. The molecule has 1 aliphatic rings. The van der Waals surface area contributed by atoms with E-state index in [4.69, 9.17) is 17.3 Å². The summed E-state index contributed by atoms with van der Waals surface area (Å²) in [6.45, 7) is 2.86. The van der Waals surface area contributed by atoms with Gasteiger partial charge in [-0.1, -0.05) is 31.4 Å². The second-order valence-corrected chi connectivity index (χ2v) is 5.29.